The van der Waals surface area contributed by atoms with Gasteiger partial charge in [0.1, 0.15) is 0 Å². The molecule has 1 amide bonds. The van der Waals surface area contributed by atoms with Crippen LogP contribution in [0.3, 0.4) is 0 Å². The Labute approximate surface area is 124 Å². The topological polar surface area (TPSA) is 84.3 Å². The van der Waals surface area contributed by atoms with Gasteiger partial charge in [-0.15, -0.1) is 0 Å². The molecule has 0 saturated heterocycles. The smallest absolute Gasteiger partial charge is 0.269 e. The van der Waals surface area contributed by atoms with Crippen LogP contribution in [0.4, 0.5) is 11.4 Å². The SMILES string of the molecule is O=C(NCCNc1ccc([N+](=O)[O-])cc1)C1CCCCC1. The van der Waals surface area contributed by atoms with Crippen LogP contribution in [-0.4, -0.2) is 23.9 Å². The van der Waals surface area contributed by atoms with E-state index in [0.29, 0.717) is 13.1 Å². The first-order valence-electron chi connectivity index (χ1n) is 7.43. The van der Waals surface area contributed by atoms with E-state index in [2.05, 4.69) is 10.6 Å². The molecule has 114 valence electrons. The Morgan fingerprint density at radius 3 is 2.43 bits per heavy atom. The van der Waals surface area contributed by atoms with E-state index in [4.69, 9.17) is 0 Å². The van der Waals surface area contributed by atoms with Crippen LogP contribution in [0.1, 0.15) is 32.1 Å². The van der Waals surface area contributed by atoms with Gasteiger partial charge in [-0.25, -0.2) is 0 Å². The van der Waals surface area contributed by atoms with Crippen molar-refractivity contribution in [2.45, 2.75) is 32.1 Å². The molecule has 6 nitrogen and oxygen atoms in total. The first-order valence-corrected chi connectivity index (χ1v) is 7.43. The molecule has 1 aromatic rings. The van der Waals surface area contributed by atoms with Gasteiger partial charge >= 0.3 is 0 Å². The van der Waals surface area contributed by atoms with E-state index in [9.17, 15) is 14.9 Å². The molecule has 0 heterocycles. The van der Waals surface area contributed by atoms with Crippen LogP contribution in [0, 0.1) is 16.0 Å². The van der Waals surface area contributed by atoms with Gasteiger partial charge in [-0.3, -0.25) is 14.9 Å². The number of carbonyl (C=O) groups is 1. The molecule has 1 aromatic carbocycles. The predicted octanol–water partition coefficient (Wildman–Crippen LogP) is 2.70. The fourth-order valence-electron chi connectivity index (χ4n) is 2.60. The van der Waals surface area contributed by atoms with Gasteiger partial charge in [0, 0.05) is 36.8 Å². The molecule has 0 aliphatic heterocycles. The summed E-state index contributed by atoms with van der Waals surface area (Å²) in [5, 5.41) is 16.6. The molecular weight excluding hydrogens is 270 g/mol. The second-order valence-electron chi connectivity index (χ2n) is 5.36. The summed E-state index contributed by atoms with van der Waals surface area (Å²) >= 11 is 0. The Bertz CT molecular complexity index is 481. The number of hydrogen-bond donors (Lipinski definition) is 2. The van der Waals surface area contributed by atoms with Gasteiger partial charge in [-0.2, -0.15) is 0 Å². The minimum absolute atomic E-state index is 0.0751. The third-order valence-corrected chi connectivity index (χ3v) is 3.81. The van der Waals surface area contributed by atoms with E-state index in [0.717, 1.165) is 31.4 Å². The van der Waals surface area contributed by atoms with Crippen LogP contribution in [0.15, 0.2) is 24.3 Å². The normalized spacial score (nSPS) is 15.4. The third kappa shape index (κ3) is 4.73. The van der Waals surface area contributed by atoms with Crippen LogP contribution in [0.5, 0.6) is 0 Å². The highest BCUT2D eigenvalue weighted by Gasteiger charge is 2.20. The van der Waals surface area contributed by atoms with Crippen LogP contribution >= 0.6 is 0 Å². The lowest BCUT2D eigenvalue weighted by Gasteiger charge is -2.20. The number of nitrogens with one attached hydrogen (secondary N) is 2. The number of anilines is 1. The molecule has 0 spiro atoms. The highest BCUT2D eigenvalue weighted by atomic mass is 16.6. The van der Waals surface area contributed by atoms with Crippen molar-refractivity contribution >= 4 is 17.3 Å². The highest BCUT2D eigenvalue weighted by molar-refractivity contribution is 5.78. The van der Waals surface area contributed by atoms with Gasteiger partial charge < -0.3 is 10.6 Å². The summed E-state index contributed by atoms with van der Waals surface area (Å²) in [5.41, 5.74) is 0.888. The molecule has 1 aliphatic rings. The van der Waals surface area contributed by atoms with E-state index in [1.807, 2.05) is 0 Å². The fraction of sp³-hybridized carbons (Fsp3) is 0.533. The van der Waals surface area contributed by atoms with Crippen molar-refractivity contribution in [1.82, 2.24) is 5.32 Å². The lowest BCUT2D eigenvalue weighted by molar-refractivity contribution is -0.384. The number of rotatable bonds is 6. The molecule has 21 heavy (non-hydrogen) atoms. The summed E-state index contributed by atoms with van der Waals surface area (Å²) in [6.07, 6.45) is 5.55. The minimum atomic E-state index is -0.422. The Balaban J connectivity index is 1.67. The second kappa shape index (κ2) is 7.61. The van der Waals surface area contributed by atoms with Gasteiger partial charge in [0.25, 0.3) is 5.69 Å². The molecule has 0 aromatic heterocycles. The summed E-state index contributed by atoms with van der Waals surface area (Å²) in [5.74, 6) is 0.332. The monoisotopic (exact) mass is 291 g/mol. The van der Waals surface area contributed by atoms with Gasteiger partial charge in [0.15, 0.2) is 0 Å². The van der Waals surface area contributed by atoms with Crippen molar-refractivity contribution < 1.29 is 9.72 Å². The molecular formula is C15H21N3O3. The molecule has 0 radical (unpaired) electrons. The number of hydrogen-bond acceptors (Lipinski definition) is 4. The Morgan fingerprint density at radius 2 is 1.81 bits per heavy atom. The largest absolute Gasteiger partial charge is 0.383 e. The maximum atomic E-state index is 11.9. The number of nitro groups is 1. The minimum Gasteiger partial charge on any atom is -0.383 e. The number of amides is 1. The van der Waals surface area contributed by atoms with Crippen molar-refractivity contribution in [2.24, 2.45) is 5.92 Å². The summed E-state index contributed by atoms with van der Waals surface area (Å²) in [7, 11) is 0. The van der Waals surface area contributed by atoms with Crippen molar-refractivity contribution in [1.29, 1.82) is 0 Å². The van der Waals surface area contributed by atoms with E-state index >= 15 is 0 Å². The average Bonchev–Trinajstić information content (AvgIpc) is 2.52. The van der Waals surface area contributed by atoms with Crippen molar-refractivity contribution in [3.8, 4) is 0 Å². The summed E-state index contributed by atoms with van der Waals surface area (Å²) in [6, 6.07) is 6.26. The van der Waals surface area contributed by atoms with Gasteiger partial charge in [-0.1, -0.05) is 19.3 Å². The van der Waals surface area contributed by atoms with Gasteiger partial charge in [-0.05, 0) is 25.0 Å². The first-order chi connectivity index (χ1) is 10.2. The molecule has 2 rings (SSSR count). The Morgan fingerprint density at radius 1 is 1.14 bits per heavy atom. The molecule has 1 aliphatic carbocycles. The quantitative estimate of drug-likeness (QED) is 0.479. The second-order valence-corrected chi connectivity index (χ2v) is 5.36. The Hall–Kier alpha value is -2.11. The van der Waals surface area contributed by atoms with Gasteiger partial charge in [0.05, 0.1) is 4.92 Å². The molecule has 1 fully saturated rings. The Kier molecular flexibility index (Phi) is 5.54. The lowest BCUT2D eigenvalue weighted by Crippen LogP contribution is -2.34. The third-order valence-electron chi connectivity index (χ3n) is 3.81. The molecule has 2 N–H and O–H groups in total. The van der Waals surface area contributed by atoms with Crippen molar-refractivity contribution in [2.75, 3.05) is 18.4 Å². The zero-order valence-corrected chi connectivity index (χ0v) is 12.0. The molecule has 1 saturated carbocycles. The summed E-state index contributed by atoms with van der Waals surface area (Å²) in [4.78, 5) is 22.0. The molecule has 0 bridgehead atoms. The average molecular weight is 291 g/mol. The number of benzene rings is 1. The number of nitro benzene ring substituents is 1. The zero-order chi connectivity index (χ0) is 15.1. The molecule has 6 heteroatoms. The van der Waals surface area contributed by atoms with Crippen molar-refractivity contribution in [3.05, 3.63) is 34.4 Å². The van der Waals surface area contributed by atoms with E-state index < -0.39 is 4.92 Å². The number of non-ortho nitro benzene ring substituents is 1. The summed E-state index contributed by atoms with van der Waals surface area (Å²) < 4.78 is 0. The molecule has 0 atom stereocenters. The highest BCUT2D eigenvalue weighted by Crippen LogP contribution is 2.23. The lowest BCUT2D eigenvalue weighted by atomic mass is 9.89. The van der Waals surface area contributed by atoms with Crippen LogP contribution < -0.4 is 10.6 Å². The molecule has 0 unspecified atom stereocenters. The van der Waals surface area contributed by atoms with Crippen LogP contribution in [0.2, 0.25) is 0 Å². The van der Waals surface area contributed by atoms with Gasteiger partial charge in [0.2, 0.25) is 5.91 Å². The van der Waals surface area contributed by atoms with E-state index in [-0.39, 0.29) is 17.5 Å². The maximum Gasteiger partial charge on any atom is 0.269 e. The summed E-state index contributed by atoms with van der Waals surface area (Å²) in [6.45, 7) is 1.17. The van der Waals surface area contributed by atoms with E-state index in [1.165, 1.54) is 18.6 Å². The van der Waals surface area contributed by atoms with E-state index in [1.54, 1.807) is 12.1 Å². The van der Waals surface area contributed by atoms with Crippen LogP contribution in [-0.2, 0) is 4.79 Å². The predicted molar refractivity (Wildman–Crippen MR) is 81.2 cm³/mol. The van der Waals surface area contributed by atoms with Crippen molar-refractivity contribution in [3.63, 3.8) is 0 Å². The fourth-order valence-corrected chi connectivity index (χ4v) is 2.60. The van der Waals surface area contributed by atoms with Crippen LogP contribution in [0.25, 0.3) is 0 Å². The standard InChI is InChI=1S/C15H21N3O3/c19-15(12-4-2-1-3-5-12)17-11-10-16-13-6-8-14(9-7-13)18(20)21/h6-9,12,16H,1-5,10-11H2,(H,17,19). The number of nitrogens with zero attached hydrogens (tertiary/aromatic N) is 1. The maximum absolute atomic E-state index is 11.9. The first kappa shape index (κ1) is 15.3. The zero-order valence-electron chi connectivity index (χ0n) is 12.0. The number of carbonyl (C=O) groups excluding carboxylic acids is 1.